The maximum atomic E-state index is 13.9. The van der Waals surface area contributed by atoms with E-state index in [9.17, 15) is 27.6 Å². The number of nitrogens with zero attached hydrogens (tertiary/aromatic N) is 4. The van der Waals surface area contributed by atoms with Crippen LogP contribution in [0, 0.1) is 11.8 Å². The molecule has 0 unspecified atom stereocenters. The number of nitrogen functional groups attached to an aromatic ring is 1. The molecular formula is C33H42ClF3N6O4S. The van der Waals surface area contributed by atoms with Crippen molar-refractivity contribution in [3.8, 4) is 0 Å². The van der Waals surface area contributed by atoms with Crippen molar-refractivity contribution in [1.29, 1.82) is 0 Å². The molecule has 15 heteroatoms. The van der Waals surface area contributed by atoms with Gasteiger partial charge in [-0.3, -0.25) is 10.1 Å². The van der Waals surface area contributed by atoms with Crippen LogP contribution in [0.5, 0.6) is 0 Å². The minimum atomic E-state index is -4.75. The Labute approximate surface area is 287 Å². The topological polar surface area (TPSA) is 111 Å². The summed E-state index contributed by atoms with van der Waals surface area (Å²) < 4.78 is 47.2. The van der Waals surface area contributed by atoms with E-state index in [0.717, 1.165) is 55.4 Å². The number of carbonyl (C=O) groups excluding carboxylic acids is 3. The number of halogens is 4. The molecule has 2 aromatic rings. The first-order chi connectivity index (χ1) is 22.9. The second-order valence-electron chi connectivity index (χ2n) is 13.5. The van der Waals surface area contributed by atoms with Crippen LogP contribution >= 0.6 is 22.9 Å². The monoisotopic (exact) mass is 710 g/mol. The molecule has 0 radical (unpaired) electrons. The molecule has 262 valence electrons. The molecular weight excluding hydrogens is 669 g/mol. The lowest BCUT2D eigenvalue weighted by atomic mass is 9.79. The highest BCUT2D eigenvalue weighted by molar-refractivity contribution is 7.14. The number of urea groups is 1. The summed E-state index contributed by atoms with van der Waals surface area (Å²) in [6.45, 7) is 4.21. The van der Waals surface area contributed by atoms with Crippen molar-refractivity contribution in [3.05, 3.63) is 45.3 Å². The minimum absolute atomic E-state index is 0.0805. The highest BCUT2D eigenvalue weighted by atomic mass is 35.5. The van der Waals surface area contributed by atoms with Crippen LogP contribution in [0.2, 0.25) is 5.02 Å². The number of nitrogens with two attached hydrogens (primary N) is 1. The molecule has 5 heterocycles. The maximum absolute atomic E-state index is 13.9. The zero-order valence-corrected chi connectivity index (χ0v) is 28.5. The number of thiophene rings is 1. The van der Waals surface area contributed by atoms with Gasteiger partial charge in [-0.1, -0.05) is 11.6 Å². The van der Waals surface area contributed by atoms with Crippen LogP contribution in [0.1, 0.15) is 55.2 Å². The summed E-state index contributed by atoms with van der Waals surface area (Å²) in [5.41, 5.74) is 5.10. The van der Waals surface area contributed by atoms with E-state index in [4.69, 9.17) is 22.1 Å². The van der Waals surface area contributed by atoms with Crippen molar-refractivity contribution in [2.75, 3.05) is 57.4 Å². The van der Waals surface area contributed by atoms with E-state index in [1.165, 1.54) is 22.3 Å². The Kier molecular flexibility index (Phi) is 10.3. The van der Waals surface area contributed by atoms with Gasteiger partial charge >= 0.3 is 18.3 Å². The number of carbonyl (C=O) groups is 3. The highest BCUT2D eigenvalue weighted by Gasteiger charge is 2.39. The van der Waals surface area contributed by atoms with Crippen LogP contribution in [-0.2, 0) is 28.7 Å². The first-order valence-electron chi connectivity index (χ1n) is 16.6. The maximum Gasteiger partial charge on any atom is 0.418 e. The van der Waals surface area contributed by atoms with Crippen LogP contribution < -0.4 is 11.1 Å². The number of benzene rings is 1. The lowest BCUT2D eigenvalue weighted by molar-refractivity contribution is -0.142. The molecule has 1 aromatic heterocycles. The molecule has 48 heavy (non-hydrogen) atoms. The first kappa shape index (κ1) is 34.6. The molecule has 10 nitrogen and oxygen atoms in total. The van der Waals surface area contributed by atoms with Gasteiger partial charge in [0.05, 0.1) is 22.8 Å². The van der Waals surface area contributed by atoms with Gasteiger partial charge < -0.3 is 30.1 Å². The molecule has 0 saturated carbocycles. The average Bonchev–Trinajstić information content (AvgIpc) is 3.52. The van der Waals surface area contributed by atoms with Crippen molar-refractivity contribution in [3.63, 3.8) is 0 Å². The third-order valence-electron chi connectivity index (χ3n) is 10.4. The van der Waals surface area contributed by atoms with E-state index in [1.54, 1.807) is 9.80 Å². The van der Waals surface area contributed by atoms with E-state index in [2.05, 4.69) is 17.3 Å². The Morgan fingerprint density at radius 1 is 1.02 bits per heavy atom. The smallest absolute Gasteiger partial charge is 0.418 e. The van der Waals surface area contributed by atoms with Gasteiger partial charge in [0.2, 0.25) is 0 Å². The molecule has 0 spiro atoms. The van der Waals surface area contributed by atoms with Crippen molar-refractivity contribution in [2.45, 2.75) is 69.8 Å². The third-order valence-corrected chi connectivity index (χ3v) is 11.6. The Morgan fingerprint density at radius 3 is 2.29 bits per heavy atom. The molecule has 6 rings (SSSR count). The van der Waals surface area contributed by atoms with Crippen molar-refractivity contribution in [1.82, 2.24) is 19.6 Å². The Bertz CT molecular complexity index is 1500. The van der Waals surface area contributed by atoms with E-state index in [0.29, 0.717) is 57.4 Å². The van der Waals surface area contributed by atoms with Gasteiger partial charge in [0.15, 0.2) is 6.10 Å². The van der Waals surface area contributed by atoms with E-state index < -0.39 is 35.5 Å². The molecule has 3 N–H and O–H groups in total. The summed E-state index contributed by atoms with van der Waals surface area (Å²) in [4.78, 5) is 47.5. The second-order valence-corrected chi connectivity index (χ2v) is 14.8. The van der Waals surface area contributed by atoms with Gasteiger partial charge in [-0.25, -0.2) is 9.59 Å². The molecule has 4 aliphatic heterocycles. The number of piperidine rings is 3. The van der Waals surface area contributed by atoms with E-state index in [1.807, 2.05) is 11.4 Å². The van der Waals surface area contributed by atoms with Gasteiger partial charge in [0.25, 0.3) is 5.91 Å². The van der Waals surface area contributed by atoms with E-state index in [-0.39, 0.29) is 29.1 Å². The lowest BCUT2D eigenvalue weighted by Gasteiger charge is -2.41. The normalized spacial score (nSPS) is 21.2. The largest absolute Gasteiger partial charge is 0.436 e. The minimum Gasteiger partial charge on any atom is -0.436 e. The number of ether oxygens (including phenoxy) is 1. The molecule has 3 saturated heterocycles. The molecule has 4 aliphatic rings. The summed E-state index contributed by atoms with van der Waals surface area (Å²) in [5.74, 6) is 0.678. The predicted octanol–water partition coefficient (Wildman–Crippen LogP) is 6.14. The summed E-state index contributed by atoms with van der Waals surface area (Å²) in [6.07, 6.45) is -2.14. The zero-order chi connectivity index (χ0) is 34.2. The van der Waals surface area contributed by atoms with Crippen molar-refractivity contribution < 1.29 is 32.3 Å². The van der Waals surface area contributed by atoms with Gasteiger partial charge in [0.1, 0.15) is 5.00 Å². The number of hydrogen-bond donors (Lipinski definition) is 2. The third kappa shape index (κ3) is 7.65. The van der Waals surface area contributed by atoms with E-state index >= 15 is 0 Å². The number of nitrogens with one attached hydrogen (secondary N) is 1. The number of hydrogen-bond acceptors (Lipinski definition) is 7. The SMILES string of the molecule is CN1CCC(C2CCN(C(=O)[C@@H](Cc3cc(Cl)c(N)c(C(F)(F)F)c3)OC(=O)N3CCC(N4Cc5ccsc5NC4=O)CC3)CC2)CC1. The molecule has 0 aliphatic carbocycles. The molecule has 4 amide bonds. The van der Waals surface area contributed by atoms with Gasteiger partial charge in [-0.15, -0.1) is 11.3 Å². The summed E-state index contributed by atoms with van der Waals surface area (Å²) >= 11 is 7.58. The zero-order valence-electron chi connectivity index (χ0n) is 26.9. The number of likely N-dealkylation sites (tertiary alicyclic amines) is 3. The molecule has 1 aromatic carbocycles. The van der Waals surface area contributed by atoms with Gasteiger partial charge in [0, 0.05) is 44.2 Å². The number of fused-ring (bicyclic) bond motifs is 1. The lowest BCUT2D eigenvalue weighted by Crippen LogP contribution is -2.52. The first-order valence-corrected chi connectivity index (χ1v) is 17.8. The van der Waals surface area contributed by atoms with Gasteiger partial charge in [-0.2, -0.15) is 13.2 Å². The highest BCUT2D eigenvalue weighted by Crippen LogP contribution is 2.39. The standard InChI is InChI=1S/C33H42ClF3N6O4S/c1-40-9-2-21(3-10-40)22-4-11-41(12-5-22)30(44)27(18-20-16-25(33(35,36)37)28(38)26(34)17-20)47-32(46)42-13-6-24(7-14-42)43-19-23-8-15-48-29(23)39-31(43)45/h8,15-17,21-22,24,27H,2-7,9-14,18-19,38H2,1H3,(H,39,45)/t27-/m1/s1. The summed E-state index contributed by atoms with van der Waals surface area (Å²) in [5, 5.41) is 5.43. The Morgan fingerprint density at radius 2 is 1.65 bits per heavy atom. The van der Waals surface area contributed by atoms with Crippen LogP contribution in [0.3, 0.4) is 0 Å². The number of anilines is 2. The van der Waals surface area contributed by atoms with Crippen LogP contribution in [-0.4, -0.2) is 96.1 Å². The predicted molar refractivity (Wildman–Crippen MR) is 178 cm³/mol. The number of alkyl halides is 3. The fraction of sp³-hybridized carbons (Fsp3) is 0.606. The summed E-state index contributed by atoms with van der Waals surface area (Å²) in [7, 11) is 2.12. The average molecular weight is 711 g/mol. The second kappa shape index (κ2) is 14.3. The Hall–Kier alpha value is -3.23. The fourth-order valence-electron chi connectivity index (χ4n) is 7.56. The fourth-order valence-corrected chi connectivity index (χ4v) is 8.60. The molecule has 3 fully saturated rings. The summed E-state index contributed by atoms with van der Waals surface area (Å²) in [6, 6.07) is 3.90. The number of rotatable bonds is 6. The molecule has 0 bridgehead atoms. The van der Waals surface area contributed by atoms with Crippen LogP contribution in [0.15, 0.2) is 23.6 Å². The van der Waals surface area contributed by atoms with Crippen LogP contribution in [0.25, 0.3) is 0 Å². The Balaban J connectivity index is 1.13. The van der Waals surface area contributed by atoms with Gasteiger partial charge in [-0.05, 0) is 99.6 Å². The van der Waals surface area contributed by atoms with Crippen LogP contribution in [0.4, 0.5) is 33.4 Å². The van der Waals surface area contributed by atoms with Crippen molar-refractivity contribution in [2.24, 2.45) is 11.8 Å². The molecule has 1 atom stereocenters. The number of amides is 4. The quantitative estimate of drug-likeness (QED) is 0.349. The van der Waals surface area contributed by atoms with Crippen molar-refractivity contribution >= 4 is 51.7 Å².